The SMILES string of the molecule is CC1CCC(S(=O)(=O)N2CC(CCCC(=O)O)Oc3ccc(C4=CC(I)(OC(F)F)CC(F)=C4)cc32)C[C@H]1C(F)(F)F. The maximum Gasteiger partial charge on any atom is 0.392 e. The molecule has 15 heteroatoms. The van der Waals surface area contributed by atoms with E-state index >= 15 is 0 Å². The standard InChI is InChI=1S/C27H30F6INO6S/c1-15-5-7-20(11-21(15)27(31,32)33)42(38,39)35-14-19(3-2-4-24(36)37)40-23-8-6-16(10-22(23)35)17-9-18(28)13-26(34,12-17)41-25(29)30/h6,8-10,12,15,19-21,25H,2-5,7,11,13-14H2,1H3,(H,36,37)/t15?,19?,20?,21-,26?/m1/s1. The number of halogens is 7. The van der Waals surface area contributed by atoms with Crippen LogP contribution in [0.4, 0.5) is 32.0 Å². The smallest absolute Gasteiger partial charge is 0.392 e. The Kier molecular flexibility index (Phi) is 9.82. The zero-order chi connectivity index (χ0) is 31.0. The molecule has 0 radical (unpaired) electrons. The normalized spacial score (nSPS) is 28.5. The van der Waals surface area contributed by atoms with Crippen LogP contribution in [-0.4, -0.2) is 53.8 Å². The number of carboxylic acids is 1. The number of carboxylic acid groups (broad SMARTS) is 1. The molecular formula is C27H30F6INO6S. The summed E-state index contributed by atoms with van der Waals surface area (Å²) in [5.41, 5.74) is 0.403. The number of alkyl halides is 6. The Hall–Kier alpha value is -2.01. The first kappa shape index (κ1) is 32.9. The van der Waals surface area contributed by atoms with Crippen LogP contribution >= 0.6 is 22.6 Å². The number of sulfonamides is 1. The third kappa shape index (κ3) is 7.55. The number of allylic oxidation sites excluding steroid dienone is 2. The molecule has 5 atom stereocenters. The summed E-state index contributed by atoms with van der Waals surface area (Å²) in [6.07, 6.45) is -3.75. The number of benzene rings is 1. The van der Waals surface area contributed by atoms with E-state index < -0.39 is 74.2 Å². The topological polar surface area (TPSA) is 93.1 Å². The molecule has 0 saturated heterocycles. The van der Waals surface area contributed by atoms with Crippen molar-refractivity contribution >= 4 is 49.8 Å². The van der Waals surface area contributed by atoms with Crippen LogP contribution in [0.25, 0.3) is 5.57 Å². The van der Waals surface area contributed by atoms with E-state index in [1.54, 1.807) is 22.6 Å². The van der Waals surface area contributed by atoms with Crippen LogP contribution in [0.5, 0.6) is 5.75 Å². The third-order valence-corrected chi connectivity index (χ3v) is 11.0. The molecule has 234 valence electrons. The highest BCUT2D eigenvalue weighted by molar-refractivity contribution is 14.1. The first-order chi connectivity index (χ1) is 19.5. The van der Waals surface area contributed by atoms with Gasteiger partial charge in [0, 0.05) is 12.8 Å². The summed E-state index contributed by atoms with van der Waals surface area (Å²) in [5.74, 6) is -4.23. The number of fused-ring (bicyclic) bond motifs is 1. The molecule has 0 aromatic heterocycles. The maximum absolute atomic E-state index is 14.5. The zero-order valence-corrected chi connectivity index (χ0v) is 25.4. The van der Waals surface area contributed by atoms with Crippen LogP contribution in [-0.2, 0) is 19.6 Å². The summed E-state index contributed by atoms with van der Waals surface area (Å²) < 4.78 is 120. The molecule has 1 fully saturated rings. The van der Waals surface area contributed by atoms with Gasteiger partial charge in [-0.1, -0.05) is 13.0 Å². The van der Waals surface area contributed by atoms with Crippen LogP contribution in [0.15, 0.2) is 36.2 Å². The highest BCUT2D eigenvalue weighted by atomic mass is 127. The molecule has 42 heavy (non-hydrogen) atoms. The van der Waals surface area contributed by atoms with Crippen molar-refractivity contribution in [1.82, 2.24) is 0 Å². The van der Waals surface area contributed by atoms with Crippen LogP contribution in [0.2, 0.25) is 0 Å². The van der Waals surface area contributed by atoms with Gasteiger partial charge in [0.15, 0.2) is 3.61 Å². The number of hydrogen-bond acceptors (Lipinski definition) is 5. The quantitative estimate of drug-likeness (QED) is 0.164. The monoisotopic (exact) mass is 737 g/mol. The molecule has 0 amide bonds. The third-order valence-electron chi connectivity index (χ3n) is 7.82. The Labute approximate surface area is 253 Å². The van der Waals surface area contributed by atoms with E-state index in [2.05, 4.69) is 4.74 Å². The van der Waals surface area contributed by atoms with E-state index in [4.69, 9.17) is 9.84 Å². The first-order valence-electron chi connectivity index (χ1n) is 13.3. The van der Waals surface area contributed by atoms with Crippen molar-refractivity contribution in [3.8, 4) is 5.75 Å². The van der Waals surface area contributed by atoms with Gasteiger partial charge in [0.25, 0.3) is 0 Å². The van der Waals surface area contributed by atoms with Gasteiger partial charge in [-0.25, -0.2) is 12.8 Å². The van der Waals surface area contributed by atoms with E-state index in [0.717, 1.165) is 10.4 Å². The lowest BCUT2D eigenvalue weighted by Gasteiger charge is -2.41. The molecule has 0 spiro atoms. The Morgan fingerprint density at radius 1 is 1.29 bits per heavy atom. The largest absolute Gasteiger partial charge is 0.486 e. The van der Waals surface area contributed by atoms with E-state index in [1.807, 2.05) is 0 Å². The molecular weight excluding hydrogens is 707 g/mol. The first-order valence-corrected chi connectivity index (χ1v) is 15.9. The second-order valence-corrected chi connectivity index (χ2v) is 14.8. The van der Waals surface area contributed by atoms with Crippen molar-refractivity contribution in [2.75, 3.05) is 10.8 Å². The molecule has 4 unspecified atom stereocenters. The van der Waals surface area contributed by atoms with Crippen molar-refractivity contribution in [3.05, 3.63) is 41.7 Å². The van der Waals surface area contributed by atoms with Crippen molar-refractivity contribution in [3.63, 3.8) is 0 Å². The molecule has 3 aliphatic rings. The second-order valence-electron chi connectivity index (χ2n) is 10.9. The Bertz CT molecular complexity index is 1350. The number of carbonyl (C=O) groups is 1. The van der Waals surface area contributed by atoms with Gasteiger partial charge >= 0.3 is 18.8 Å². The van der Waals surface area contributed by atoms with Crippen molar-refractivity contribution in [1.29, 1.82) is 0 Å². The molecule has 1 aromatic rings. The molecule has 7 nitrogen and oxygen atoms in total. The maximum atomic E-state index is 14.5. The summed E-state index contributed by atoms with van der Waals surface area (Å²) in [4.78, 5) is 11.0. The predicted molar refractivity (Wildman–Crippen MR) is 151 cm³/mol. The Morgan fingerprint density at radius 3 is 2.64 bits per heavy atom. The van der Waals surface area contributed by atoms with E-state index in [0.29, 0.717) is 0 Å². The van der Waals surface area contributed by atoms with Crippen LogP contribution < -0.4 is 9.04 Å². The molecule has 4 rings (SSSR count). The fraction of sp³-hybridized carbons (Fsp3) is 0.593. The molecule has 1 heterocycles. The number of hydrogen-bond donors (Lipinski definition) is 1. The fourth-order valence-corrected chi connectivity index (χ4v) is 8.65. The summed E-state index contributed by atoms with van der Waals surface area (Å²) in [7, 11) is -4.38. The molecule has 2 aliphatic carbocycles. The van der Waals surface area contributed by atoms with Gasteiger partial charge in [-0.3, -0.25) is 9.10 Å². The Balaban J connectivity index is 1.73. The predicted octanol–water partition coefficient (Wildman–Crippen LogP) is 7.22. The number of ether oxygens (including phenoxy) is 2. The summed E-state index contributed by atoms with van der Waals surface area (Å²) in [5, 5.41) is 7.66. The number of nitrogens with zero attached hydrogens (tertiary/aromatic N) is 1. The van der Waals surface area contributed by atoms with Gasteiger partial charge < -0.3 is 14.6 Å². The minimum atomic E-state index is -4.57. The van der Waals surface area contributed by atoms with Crippen molar-refractivity contribution in [2.24, 2.45) is 11.8 Å². The minimum absolute atomic E-state index is 0.0123. The van der Waals surface area contributed by atoms with E-state index in [1.165, 1.54) is 31.2 Å². The molecule has 1 aromatic carbocycles. The average molecular weight is 737 g/mol. The number of rotatable bonds is 9. The van der Waals surface area contributed by atoms with Gasteiger partial charge in [0.2, 0.25) is 10.0 Å². The van der Waals surface area contributed by atoms with Gasteiger partial charge in [-0.2, -0.15) is 22.0 Å². The summed E-state index contributed by atoms with van der Waals surface area (Å²) in [6.45, 7) is -2.00. The number of aliphatic carboxylic acids is 1. The molecule has 1 N–H and O–H groups in total. The lowest BCUT2D eigenvalue weighted by atomic mass is 9.80. The van der Waals surface area contributed by atoms with Crippen LogP contribution in [0.1, 0.15) is 57.4 Å². The highest BCUT2D eigenvalue weighted by Gasteiger charge is 2.50. The van der Waals surface area contributed by atoms with Crippen molar-refractivity contribution in [2.45, 2.75) is 79.6 Å². The lowest BCUT2D eigenvalue weighted by molar-refractivity contribution is -0.193. The molecule has 1 saturated carbocycles. The van der Waals surface area contributed by atoms with Gasteiger partial charge in [-0.05, 0) is 96.0 Å². The summed E-state index contributed by atoms with van der Waals surface area (Å²) >= 11 is 1.56. The van der Waals surface area contributed by atoms with Crippen LogP contribution in [0, 0.1) is 11.8 Å². The minimum Gasteiger partial charge on any atom is -0.486 e. The molecule has 1 aliphatic heterocycles. The zero-order valence-electron chi connectivity index (χ0n) is 22.4. The van der Waals surface area contributed by atoms with E-state index in [-0.39, 0.29) is 61.2 Å². The number of anilines is 1. The van der Waals surface area contributed by atoms with Gasteiger partial charge in [0.1, 0.15) is 17.7 Å². The van der Waals surface area contributed by atoms with Crippen LogP contribution in [0.3, 0.4) is 0 Å². The highest BCUT2D eigenvalue weighted by Crippen LogP contribution is 2.47. The van der Waals surface area contributed by atoms with Gasteiger partial charge in [-0.15, -0.1) is 0 Å². The lowest BCUT2D eigenvalue weighted by Crippen LogP contribution is -2.50. The molecule has 0 bridgehead atoms. The Morgan fingerprint density at radius 2 is 2.00 bits per heavy atom. The van der Waals surface area contributed by atoms with Crippen molar-refractivity contribution < 1.29 is 54.1 Å². The average Bonchev–Trinajstić information content (AvgIpc) is 2.85. The van der Waals surface area contributed by atoms with E-state index in [9.17, 15) is 39.6 Å². The summed E-state index contributed by atoms with van der Waals surface area (Å²) in [6, 6.07) is 4.26. The van der Waals surface area contributed by atoms with Gasteiger partial charge in [0.05, 0.1) is 23.4 Å². The second kappa shape index (κ2) is 12.5. The fourth-order valence-electron chi connectivity index (χ4n) is 5.72.